The number of carbonyl (C=O) groups is 2. The molecular weight excluding hydrogens is 344 g/mol. The van der Waals surface area contributed by atoms with Gasteiger partial charge in [0.05, 0.1) is 4.90 Å². The minimum Gasteiger partial charge on any atom is -0.454 e. The van der Waals surface area contributed by atoms with Crippen molar-refractivity contribution in [2.45, 2.75) is 51.1 Å². The lowest BCUT2D eigenvalue weighted by atomic mass is 10.1. The standard InChI is InChI=1S/C17H26N2O5S/c1-12(2)15(16(21)24-11-14(20)18-17(3,4)5)19-25(22,23)13-9-7-6-8-10-13/h6-10,12,15,19H,11H2,1-5H3,(H,18,20)/t15-/m1/s1. The van der Waals surface area contributed by atoms with Crippen LogP contribution in [-0.4, -0.2) is 38.5 Å². The van der Waals surface area contributed by atoms with Crippen molar-refractivity contribution < 1.29 is 22.7 Å². The minimum absolute atomic E-state index is 0.0546. The SMILES string of the molecule is CC(C)[C@@H](NS(=O)(=O)c1ccccc1)C(=O)OCC(=O)NC(C)(C)C. The van der Waals surface area contributed by atoms with Crippen LogP contribution < -0.4 is 10.0 Å². The molecule has 1 aromatic rings. The molecule has 2 N–H and O–H groups in total. The number of hydrogen-bond donors (Lipinski definition) is 2. The lowest BCUT2D eigenvalue weighted by molar-refractivity contribution is -0.151. The number of esters is 1. The van der Waals surface area contributed by atoms with Gasteiger partial charge in [-0.2, -0.15) is 4.72 Å². The highest BCUT2D eigenvalue weighted by atomic mass is 32.2. The van der Waals surface area contributed by atoms with Crippen LogP contribution in [0.5, 0.6) is 0 Å². The van der Waals surface area contributed by atoms with Gasteiger partial charge in [-0.15, -0.1) is 0 Å². The lowest BCUT2D eigenvalue weighted by Gasteiger charge is -2.22. The topological polar surface area (TPSA) is 102 Å². The highest BCUT2D eigenvalue weighted by Crippen LogP contribution is 2.12. The Hall–Kier alpha value is -1.93. The fourth-order valence-corrected chi connectivity index (χ4v) is 3.33. The van der Waals surface area contributed by atoms with Crippen LogP contribution in [0.15, 0.2) is 35.2 Å². The summed E-state index contributed by atoms with van der Waals surface area (Å²) >= 11 is 0. The van der Waals surface area contributed by atoms with Gasteiger partial charge in [-0.05, 0) is 38.8 Å². The Labute approximate surface area is 149 Å². The maximum atomic E-state index is 12.4. The van der Waals surface area contributed by atoms with Crippen LogP contribution >= 0.6 is 0 Å². The molecule has 8 heteroatoms. The van der Waals surface area contributed by atoms with Crippen molar-refractivity contribution in [3.8, 4) is 0 Å². The van der Waals surface area contributed by atoms with E-state index in [1.807, 2.05) is 0 Å². The maximum absolute atomic E-state index is 12.4. The molecule has 140 valence electrons. The summed E-state index contributed by atoms with van der Waals surface area (Å²) in [5.41, 5.74) is -0.449. The number of carbonyl (C=O) groups excluding carboxylic acids is 2. The second kappa shape index (κ2) is 8.44. The molecule has 0 fully saturated rings. The smallest absolute Gasteiger partial charge is 0.324 e. The summed E-state index contributed by atoms with van der Waals surface area (Å²) in [4.78, 5) is 24.0. The van der Waals surface area contributed by atoms with Crippen LogP contribution in [0.2, 0.25) is 0 Å². The highest BCUT2D eigenvalue weighted by Gasteiger charge is 2.30. The van der Waals surface area contributed by atoms with E-state index in [-0.39, 0.29) is 10.8 Å². The average Bonchev–Trinajstić information content (AvgIpc) is 2.49. The molecule has 0 radical (unpaired) electrons. The zero-order valence-electron chi connectivity index (χ0n) is 15.2. The Morgan fingerprint density at radius 3 is 2.16 bits per heavy atom. The van der Waals surface area contributed by atoms with Gasteiger partial charge in [-0.25, -0.2) is 8.42 Å². The first kappa shape index (κ1) is 21.1. The Kier molecular flexibility index (Phi) is 7.13. The summed E-state index contributed by atoms with van der Waals surface area (Å²) in [5, 5.41) is 2.66. The van der Waals surface area contributed by atoms with Gasteiger partial charge in [0.15, 0.2) is 6.61 Å². The van der Waals surface area contributed by atoms with E-state index in [0.717, 1.165) is 0 Å². The Morgan fingerprint density at radius 2 is 1.68 bits per heavy atom. The van der Waals surface area contributed by atoms with Crippen molar-refractivity contribution in [1.29, 1.82) is 0 Å². The Bertz CT molecular complexity index is 693. The molecule has 1 aromatic carbocycles. The van der Waals surface area contributed by atoms with Gasteiger partial charge in [0.1, 0.15) is 6.04 Å². The van der Waals surface area contributed by atoms with Crippen molar-refractivity contribution in [2.24, 2.45) is 5.92 Å². The zero-order chi connectivity index (χ0) is 19.3. The summed E-state index contributed by atoms with van der Waals surface area (Å²) in [6.07, 6.45) is 0. The monoisotopic (exact) mass is 370 g/mol. The molecule has 0 bridgehead atoms. The third-order valence-corrected chi connectivity index (χ3v) is 4.57. The fourth-order valence-electron chi connectivity index (χ4n) is 1.97. The summed E-state index contributed by atoms with van der Waals surface area (Å²) in [5.74, 6) is -1.59. The van der Waals surface area contributed by atoms with Gasteiger partial charge in [0, 0.05) is 5.54 Å². The molecule has 0 aliphatic carbocycles. The largest absolute Gasteiger partial charge is 0.454 e. The molecule has 25 heavy (non-hydrogen) atoms. The third-order valence-electron chi connectivity index (χ3n) is 3.12. The van der Waals surface area contributed by atoms with Crippen molar-refractivity contribution in [1.82, 2.24) is 10.0 Å². The van der Waals surface area contributed by atoms with E-state index < -0.39 is 40.1 Å². The van der Waals surface area contributed by atoms with Gasteiger partial charge >= 0.3 is 5.97 Å². The number of nitrogens with one attached hydrogen (secondary N) is 2. The van der Waals surface area contributed by atoms with Gasteiger partial charge in [0.2, 0.25) is 10.0 Å². The van der Waals surface area contributed by atoms with E-state index in [0.29, 0.717) is 0 Å². The van der Waals surface area contributed by atoms with Crippen molar-refractivity contribution in [3.63, 3.8) is 0 Å². The second-order valence-electron chi connectivity index (χ2n) is 7.06. The third kappa shape index (κ3) is 7.23. The van der Waals surface area contributed by atoms with Gasteiger partial charge < -0.3 is 10.1 Å². The van der Waals surface area contributed by atoms with E-state index in [1.165, 1.54) is 12.1 Å². The van der Waals surface area contributed by atoms with Crippen molar-refractivity contribution in [2.75, 3.05) is 6.61 Å². The van der Waals surface area contributed by atoms with E-state index >= 15 is 0 Å². The Morgan fingerprint density at radius 1 is 1.12 bits per heavy atom. The van der Waals surface area contributed by atoms with Crippen LogP contribution in [0.1, 0.15) is 34.6 Å². The van der Waals surface area contributed by atoms with Gasteiger partial charge in [-0.1, -0.05) is 32.0 Å². The molecule has 1 atom stereocenters. The zero-order valence-corrected chi connectivity index (χ0v) is 16.0. The number of ether oxygens (including phenoxy) is 1. The number of hydrogen-bond acceptors (Lipinski definition) is 5. The number of rotatable bonds is 7. The predicted molar refractivity (Wildman–Crippen MR) is 94.2 cm³/mol. The molecule has 0 aliphatic heterocycles. The van der Waals surface area contributed by atoms with Crippen molar-refractivity contribution in [3.05, 3.63) is 30.3 Å². The molecule has 0 spiro atoms. The van der Waals surface area contributed by atoms with Crippen LogP contribution in [0.4, 0.5) is 0 Å². The lowest BCUT2D eigenvalue weighted by Crippen LogP contribution is -2.47. The summed E-state index contributed by atoms with van der Waals surface area (Å²) in [6, 6.07) is 6.65. The quantitative estimate of drug-likeness (QED) is 0.707. The fraction of sp³-hybridized carbons (Fsp3) is 0.529. The normalized spacial score (nSPS) is 13.4. The number of benzene rings is 1. The second-order valence-corrected chi connectivity index (χ2v) is 8.78. The van der Waals surface area contributed by atoms with E-state index in [9.17, 15) is 18.0 Å². The van der Waals surface area contributed by atoms with E-state index in [4.69, 9.17) is 4.74 Å². The molecule has 0 saturated carbocycles. The van der Waals surface area contributed by atoms with Crippen LogP contribution in [-0.2, 0) is 24.3 Å². The molecule has 0 aromatic heterocycles. The Balaban J connectivity index is 2.77. The van der Waals surface area contributed by atoms with E-state index in [2.05, 4.69) is 10.0 Å². The first-order valence-electron chi connectivity index (χ1n) is 7.97. The van der Waals surface area contributed by atoms with Crippen LogP contribution in [0.25, 0.3) is 0 Å². The first-order chi connectivity index (χ1) is 11.4. The van der Waals surface area contributed by atoms with Crippen LogP contribution in [0.3, 0.4) is 0 Å². The molecule has 0 heterocycles. The summed E-state index contributed by atoms with van der Waals surface area (Å²) < 4.78 is 32.1. The van der Waals surface area contributed by atoms with Crippen LogP contribution in [0, 0.1) is 5.92 Å². The number of amides is 1. The molecule has 0 saturated heterocycles. The molecule has 0 unspecified atom stereocenters. The molecular formula is C17H26N2O5S. The van der Waals surface area contributed by atoms with Gasteiger partial charge in [-0.3, -0.25) is 9.59 Å². The molecule has 7 nitrogen and oxygen atoms in total. The molecule has 1 rings (SSSR count). The van der Waals surface area contributed by atoms with Crippen molar-refractivity contribution >= 4 is 21.9 Å². The minimum atomic E-state index is -3.87. The molecule has 1 amide bonds. The predicted octanol–water partition coefficient (Wildman–Crippen LogP) is 1.45. The number of sulfonamides is 1. The first-order valence-corrected chi connectivity index (χ1v) is 9.46. The summed E-state index contributed by atoms with van der Waals surface area (Å²) in [7, 11) is -3.87. The van der Waals surface area contributed by atoms with E-state index in [1.54, 1.807) is 52.8 Å². The highest BCUT2D eigenvalue weighted by molar-refractivity contribution is 7.89. The summed E-state index contributed by atoms with van der Waals surface area (Å²) in [6.45, 7) is 8.32. The molecule has 0 aliphatic rings. The van der Waals surface area contributed by atoms with Gasteiger partial charge in [0.25, 0.3) is 5.91 Å². The maximum Gasteiger partial charge on any atom is 0.324 e. The average molecular weight is 370 g/mol.